The first kappa shape index (κ1) is 16.9. The fraction of sp³-hybridized carbons (Fsp3) is 0.556. The van der Waals surface area contributed by atoms with Gasteiger partial charge in [0.25, 0.3) is 0 Å². The first-order valence-electron chi connectivity index (χ1n) is 8.27. The minimum absolute atomic E-state index is 0.480. The molecule has 0 atom stereocenters. The van der Waals surface area contributed by atoms with Crippen molar-refractivity contribution in [2.24, 2.45) is 0 Å². The maximum absolute atomic E-state index is 10.3. The molecule has 0 fully saturated rings. The Hall–Kier alpha value is -0.965. The van der Waals surface area contributed by atoms with Crippen molar-refractivity contribution < 1.29 is 14.2 Å². The van der Waals surface area contributed by atoms with Crippen LogP contribution in [-0.2, 0) is 4.65 Å². The van der Waals surface area contributed by atoms with Crippen LogP contribution < -0.4 is 21.3 Å². The summed E-state index contributed by atoms with van der Waals surface area (Å²) in [6, 6.07) is 0. The van der Waals surface area contributed by atoms with Crippen LogP contribution in [0.25, 0.3) is 22.7 Å². The van der Waals surface area contributed by atoms with E-state index in [1.807, 2.05) is 13.8 Å². The molecule has 2 aliphatic rings. The van der Waals surface area contributed by atoms with E-state index in [0.717, 1.165) is 52.0 Å². The van der Waals surface area contributed by atoms with Gasteiger partial charge in [-0.25, -0.2) is 0 Å². The summed E-state index contributed by atoms with van der Waals surface area (Å²) in [7, 11) is 0.480. The highest BCUT2D eigenvalue weighted by atomic mass is 35.5. The Morgan fingerprint density at radius 1 is 1.17 bits per heavy atom. The Labute approximate surface area is 142 Å². The minimum atomic E-state index is -0.912. The quantitative estimate of drug-likeness (QED) is 0.828. The Kier molecular flexibility index (Phi) is 4.28. The lowest BCUT2D eigenvalue weighted by Gasteiger charge is -2.38. The average molecular weight is 335 g/mol. The van der Waals surface area contributed by atoms with E-state index in [0.29, 0.717) is 7.48 Å². The molecule has 0 bridgehead atoms. The molecule has 0 saturated heterocycles. The number of hydrogen-bond acceptors (Lipinski definition) is 3. The summed E-state index contributed by atoms with van der Waals surface area (Å²) in [4.78, 5) is 0. The smallest absolute Gasteiger partial charge is 0.306 e. The SMILES string of the molecule is CC(C)(O)C(C)(C)OBC1=c2c(oc3c2=CCCC=3)=C(Cl)CC1. The average Bonchev–Trinajstić information content (AvgIpc) is 2.86. The maximum Gasteiger partial charge on any atom is 0.306 e. The molecule has 5 heteroatoms. The standard InChI is InChI=1S/C18H24BClO3/c1-17(2,21)18(3,4)23-19-12-9-10-13(20)16-15(12)11-7-5-6-8-14(11)22-16/h7-8,19,21H,5-6,9-10H2,1-4H3. The van der Waals surface area contributed by atoms with Gasteiger partial charge in [0.15, 0.2) is 0 Å². The highest BCUT2D eigenvalue weighted by molar-refractivity contribution is 6.53. The Morgan fingerprint density at radius 3 is 2.57 bits per heavy atom. The molecular weight excluding hydrogens is 310 g/mol. The van der Waals surface area contributed by atoms with E-state index >= 15 is 0 Å². The second kappa shape index (κ2) is 5.84. The van der Waals surface area contributed by atoms with Crippen molar-refractivity contribution >= 4 is 41.7 Å². The fourth-order valence-electron chi connectivity index (χ4n) is 2.89. The number of fused-ring (bicyclic) bond motifs is 3. The molecule has 0 radical (unpaired) electrons. The molecule has 0 aromatic carbocycles. The van der Waals surface area contributed by atoms with Crippen LogP contribution in [-0.4, -0.2) is 23.8 Å². The van der Waals surface area contributed by atoms with Crippen LogP contribution in [0.5, 0.6) is 0 Å². The molecule has 0 amide bonds. The van der Waals surface area contributed by atoms with Crippen LogP contribution in [0.2, 0.25) is 0 Å². The summed E-state index contributed by atoms with van der Waals surface area (Å²) in [5, 5.41) is 13.3. The van der Waals surface area contributed by atoms with Crippen LogP contribution in [0, 0.1) is 0 Å². The molecule has 3 rings (SSSR count). The van der Waals surface area contributed by atoms with E-state index in [2.05, 4.69) is 12.2 Å². The number of aliphatic hydroxyl groups is 1. The summed E-state index contributed by atoms with van der Waals surface area (Å²) >= 11 is 6.40. The second-order valence-electron chi connectivity index (χ2n) is 7.44. The van der Waals surface area contributed by atoms with Gasteiger partial charge in [-0.1, -0.05) is 23.1 Å². The van der Waals surface area contributed by atoms with Crippen molar-refractivity contribution in [1.29, 1.82) is 0 Å². The summed E-state index contributed by atoms with van der Waals surface area (Å²) in [6.07, 6.45) is 8.05. The van der Waals surface area contributed by atoms with Crippen LogP contribution in [0.3, 0.4) is 0 Å². The monoisotopic (exact) mass is 334 g/mol. The number of furan rings is 1. The van der Waals surface area contributed by atoms with Crippen LogP contribution in [0.15, 0.2) is 4.42 Å². The van der Waals surface area contributed by atoms with Gasteiger partial charge in [0.1, 0.15) is 10.8 Å². The summed E-state index contributed by atoms with van der Waals surface area (Å²) in [5.74, 6) is 0. The zero-order valence-electron chi connectivity index (χ0n) is 14.3. The highest BCUT2D eigenvalue weighted by Gasteiger charge is 2.36. The molecule has 1 N–H and O–H groups in total. The van der Waals surface area contributed by atoms with Crippen molar-refractivity contribution in [1.82, 2.24) is 0 Å². The minimum Gasteiger partial charge on any atom is -0.455 e. The maximum atomic E-state index is 10.3. The second-order valence-corrected chi connectivity index (χ2v) is 7.89. The first-order valence-corrected chi connectivity index (χ1v) is 8.65. The van der Waals surface area contributed by atoms with Gasteiger partial charge in [-0.05, 0) is 59.5 Å². The van der Waals surface area contributed by atoms with Crippen LogP contribution in [0.1, 0.15) is 53.4 Å². The summed E-state index contributed by atoms with van der Waals surface area (Å²) < 4.78 is 12.1. The molecule has 0 saturated carbocycles. The van der Waals surface area contributed by atoms with Gasteiger partial charge in [0, 0.05) is 10.4 Å². The number of halogens is 1. The first-order chi connectivity index (χ1) is 10.7. The van der Waals surface area contributed by atoms with Crippen molar-refractivity contribution in [2.45, 2.75) is 64.6 Å². The third kappa shape index (κ3) is 3.04. The van der Waals surface area contributed by atoms with Gasteiger partial charge in [-0.2, -0.15) is 0 Å². The van der Waals surface area contributed by atoms with Gasteiger partial charge in [0.05, 0.1) is 16.2 Å². The molecule has 124 valence electrons. The van der Waals surface area contributed by atoms with Crippen molar-refractivity contribution in [3.63, 3.8) is 0 Å². The van der Waals surface area contributed by atoms with Crippen molar-refractivity contribution in [3.8, 4) is 0 Å². The van der Waals surface area contributed by atoms with Crippen LogP contribution >= 0.6 is 11.6 Å². The number of rotatable bonds is 4. The Morgan fingerprint density at radius 2 is 1.87 bits per heavy atom. The lowest BCUT2D eigenvalue weighted by Crippen LogP contribution is -2.49. The van der Waals surface area contributed by atoms with Crippen molar-refractivity contribution in [3.05, 3.63) is 21.3 Å². The van der Waals surface area contributed by atoms with Gasteiger partial charge in [-0.15, -0.1) is 0 Å². The number of hydrogen-bond donors (Lipinski definition) is 1. The van der Waals surface area contributed by atoms with Gasteiger partial charge in [-0.3, -0.25) is 0 Å². The highest BCUT2D eigenvalue weighted by Crippen LogP contribution is 2.26. The lowest BCUT2D eigenvalue weighted by atomic mass is 9.77. The summed E-state index contributed by atoms with van der Waals surface area (Å²) in [5.41, 5.74) is 1.39. The van der Waals surface area contributed by atoms with Crippen molar-refractivity contribution in [2.75, 3.05) is 0 Å². The fourth-order valence-corrected chi connectivity index (χ4v) is 3.12. The summed E-state index contributed by atoms with van der Waals surface area (Å²) in [6.45, 7) is 7.39. The largest absolute Gasteiger partial charge is 0.455 e. The molecule has 1 heterocycles. The van der Waals surface area contributed by atoms with E-state index in [-0.39, 0.29) is 0 Å². The predicted molar refractivity (Wildman–Crippen MR) is 95.9 cm³/mol. The third-order valence-corrected chi connectivity index (χ3v) is 5.51. The molecule has 3 nitrogen and oxygen atoms in total. The van der Waals surface area contributed by atoms with Gasteiger partial charge >= 0.3 is 7.48 Å². The van der Waals surface area contributed by atoms with Gasteiger partial charge < -0.3 is 14.2 Å². The van der Waals surface area contributed by atoms with E-state index in [1.54, 1.807) is 13.8 Å². The van der Waals surface area contributed by atoms with E-state index in [1.165, 1.54) is 5.47 Å². The third-order valence-electron chi connectivity index (χ3n) is 5.15. The zero-order chi connectivity index (χ0) is 16.8. The molecular formula is C18H24BClO3. The lowest BCUT2D eigenvalue weighted by molar-refractivity contribution is -0.0893. The molecule has 1 aromatic rings. The van der Waals surface area contributed by atoms with E-state index in [4.69, 9.17) is 20.7 Å². The Balaban J connectivity index is 2.09. The Bertz CT molecular complexity index is 856. The normalized spacial score (nSPS) is 18.0. The predicted octanol–water partition coefficient (Wildman–Crippen LogP) is 0.801. The van der Waals surface area contributed by atoms with Crippen LogP contribution in [0.4, 0.5) is 0 Å². The zero-order valence-corrected chi connectivity index (χ0v) is 15.1. The topological polar surface area (TPSA) is 42.6 Å². The van der Waals surface area contributed by atoms with E-state index in [9.17, 15) is 5.11 Å². The molecule has 1 aromatic heterocycles. The molecule has 23 heavy (non-hydrogen) atoms. The van der Waals surface area contributed by atoms with E-state index < -0.39 is 11.2 Å². The molecule has 0 aliphatic heterocycles. The van der Waals surface area contributed by atoms with Gasteiger partial charge in [0.2, 0.25) is 0 Å². The molecule has 0 unspecified atom stereocenters. The molecule has 2 aliphatic carbocycles. The molecule has 0 spiro atoms.